The van der Waals surface area contributed by atoms with Crippen molar-refractivity contribution < 1.29 is 26.9 Å². The number of nitrogens with one attached hydrogen (secondary N) is 1. The molecule has 0 saturated carbocycles. The van der Waals surface area contributed by atoms with Crippen LogP contribution in [-0.2, 0) is 9.84 Å². The van der Waals surface area contributed by atoms with Crippen molar-refractivity contribution in [1.82, 2.24) is 5.32 Å². The van der Waals surface area contributed by atoms with E-state index in [1.165, 1.54) is 56.5 Å². The lowest BCUT2D eigenvalue weighted by Crippen LogP contribution is -2.32. The number of rotatable bonds is 7. The van der Waals surface area contributed by atoms with Gasteiger partial charge in [0.25, 0.3) is 11.6 Å². The maximum Gasteiger partial charge on any atom is 0.273 e. The Morgan fingerprint density at radius 1 is 1.19 bits per heavy atom. The van der Waals surface area contributed by atoms with Crippen molar-refractivity contribution in [2.45, 2.75) is 24.0 Å². The molecule has 1 unspecified atom stereocenters. The molecule has 1 atom stereocenters. The molecule has 8 nitrogen and oxygen atoms in total. The Kier molecular flexibility index (Phi) is 6.21. The van der Waals surface area contributed by atoms with Crippen LogP contribution in [0, 0.1) is 29.8 Å². The van der Waals surface area contributed by atoms with Gasteiger partial charge in [0, 0.05) is 23.7 Å². The molecule has 0 spiro atoms. The number of furan rings is 1. The summed E-state index contributed by atoms with van der Waals surface area (Å²) in [5.41, 5.74) is 0.166. The fourth-order valence-corrected chi connectivity index (χ4v) is 4.81. The van der Waals surface area contributed by atoms with Crippen molar-refractivity contribution in [2.75, 3.05) is 6.54 Å². The van der Waals surface area contributed by atoms with Gasteiger partial charge in [0.2, 0.25) is 0 Å². The minimum absolute atomic E-state index is 0.0578. The number of amides is 1. The first-order valence-electron chi connectivity index (χ1n) is 9.18. The molecule has 1 aromatic heterocycles. The Balaban J connectivity index is 1.92. The van der Waals surface area contributed by atoms with E-state index in [9.17, 15) is 27.7 Å². The first-order valence-corrected chi connectivity index (χ1v) is 10.7. The molecule has 0 saturated heterocycles. The van der Waals surface area contributed by atoms with E-state index in [-0.39, 0.29) is 39.6 Å². The van der Waals surface area contributed by atoms with Crippen molar-refractivity contribution in [3.8, 4) is 0 Å². The highest BCUT2D eigenvalue weighted by molar-refractivity contribution is 7.91. The number of benzene rings is 2. The van der Waals surface area contributed by atoms with Gasteiger partial charge in [0.05, 0.1) is 16.1 Å². The standard InChI is InChI=1S/C21H19FN2O6S/c1-13-11-15(8-9-17(13)22)31(28,29)20(19-7-4-10-30-19)12-23-21(25)16-5-3-6-18(14(16)2)24(26)27/h3-11,20H,12H2,1-2H3,(H,23,25). The third kappa shape index (κ3) is 4.48. The van der Waals surface area contributed by atoms with Crippen LogP contribution in [0.15, 0.2) is 64.1 Å². The Morgan fingerprint density at radius 2 is 1.94 bits per heavy atom. The third-order valence-corrected chi connectivity index (χ3v) is 6.95. The maximum atomic E-state index is 13.6. The fourth-order valence-electron chi connectivity index (χ4n) is 3.14. The van der Waals surface area contributed by atoms with E-state index in [2.05, 4.69) is 5.32 Å². The summed E-state index contributed by atoms with van der Waals surface area (Å²) in [5.74, 6) is -1.11. The van der Waals surface area contributed by atoms with Gasteiger partial charge in [-0.1, -0.05) is 6.07 Å². The van der Waals surface area contributed by atoms with Gasteiger partial charge in [-0.15, -0.1) is 0 Å². The zero-order valence-electron chi connectivity index (χ0n) is 16.7. The number of hydrogen-bond acceptors (Lipinski definition) is 6. The molecule has 2 aromatic carbocycles. The fraction of sp³-hybridized carbons (Fsp3) is 0.190. The molecule has 1 N–H and O–H groups in total. The highest BCUT2D eigenvalue weighted by Crippen LogP contribution is 2.30. The molecule has 3 rings (SSSR count). The molecule has 10 heteroatoms. The van der Waals surface area contributed by atoms with Crippen molar-refractivity contribution in [3.63, 3.8) is 0 Å². The van der Waals surface area contributed by atoms with E-state index in [4.69, 9.17) is 4.42 Å². The van der Waals surface area contributed by atoms with Gasteiger partial charge >= 0.3 is 0 Å². The second-order valence-electron chi connectivity index (χ2n) is 6.88. The highest BCUT2D eigenvalue weighted by Gasteiger charge is 2.32. The summed E-state index contributed by atoms with van der Waals surface area (Å²) in [4.78, 5) is 23.1. The molecule has 0 bridgehead atoms. The number of nitrogens with zero attached hydrogens (tertiary/aromatic N) is 1. The first kappa shape index (κ1) is 22.2. The molecule has 0 fully saturated rings. The van der Waals surface area contributed by atoms with Crippen molar-refractivity contribution in [1.29, 1.82) is 0 Å². The summed E-state index contributed by atoms with van der Waals surface area (Å²) in [7, 11) is -4.06. The van der Waals surface area contributed by atoms with Crippen LogP contribution in [0.2, 0.25) is 0 Å². The Morgan fingerprint density at radius 3 is 2.55 bits per heavy atom. The average Bonchev–Trinajstić information content (AvgIpc) is 3.24. The van der Waals surface area contributed by atoms with Crippen LogP contribution in [-0.4, -0.2) is 25.8 Å². The molecule has 31 heavy (non-hydrogen) atoms. The highest BCUT2D eigenvalue weighted by atomic mass is 32.2. The Labute approximate surface area is 177 Å². The van der Waals surface area contributed by atoms with Crippen LogP contribution in [0.1, 0.15) is 32.5 Å². The van der Waals surface area contributed by atoms with Gasteiger partial charge in [-0.3, -0.25) is 14.9 Å². The zero-order valence-corrected chi connectivity index (χ0v) is 17.5. The summed E-state index contributed by atoms with van der Waals surface area (Å²) in [6, 6.07) is 10.5. The topological polar surface area (TPSA) is 120 Å². The molecular formula is C21H19FN2O6S. The van der Waals surface area contributed by atoms with Gasteiger partial charge < -0.3 is 9.73 Å². The van der Waals surface area contributed by atoms with E-state index in [1.807, 2.05) is 0 Å². The Hall–Kier alpha value is -3.53. The predicted molar refractivity (Wildman–Crippen MR) is 110 cm³/mol. The lowest BCUT2D eigenvalue weighted by molar-refractivity contribution is -0.385. The molecular weight excluding hydrogens is 427 g/mol. The summed E-state index contributed by atoms with van der Waals surface area (Å²) in [5, 5.41) is 12.4. The third-order valence-electron chi connectivity index (χ3n) is 4.89. The SMILES string of the molecule is Cc1cc(S(=O)(=O)C(CNC(=O)c2cccc([N+](=O)[O-])c2C)c2ccco2)ccc1F. The molecule has 0 aliphatic carbocycles. The summed E-state index contributed by atoms with van der Waals surface area (Å²) in [6.45, 7) is 2.53. The predicted octanol–water partition coefficient (Wildman–Crippen LogP) is 3.89. The zero-order chi connectivity index (χ0) is 22.8. The molecule has 3 aromatic rings. The number of aryl methyl sites for hydroxylation is 1. The minimum Gasteiger partial charge on any atom is -0.468 e. The van der Waals surface area contributed by atoms with Crippen LogP contribution in [0.25, 0.3) is 0 Å². The molecule has 162 valence electrons. The number of carbonyl (C=O) groups is 1. The number of carbonyl (C=O) groups excluding carboxylic acids is 1. The number of nitro groups is 1. The van der Waals surface area contributed by atoms with E-state index in [0.29, 0.717) is 0 Å². The monoisotopic (exact) mass is 446 g/mol. The van der Waals surface area contributed by atoms with Crippen molar-refractivity contribution >= 4 is 21.4 Å². The summed E-state index contributed by atoms with van der Waals surface area (Å²) in [6.07, 6.45) is 1.31. The largest absolute Gasteiger partial charge is 0.468 e. The second kappa shape index (κ2) is 8.68. The van der Waals surface area contributed by atoms with Gasteiger partial charge in [-0.2, -0.15) is 0 Å². The first-order chi connectivity index (χ1) is 14.6. The Bertz CT molecular complexity index is 1240. The van der Waals surface area contributed by atoms with E-state index < -0.39 is 31.7 Å². The van der Waals surface area contributed by atoms with Crippen LogP contribution in [0.5, 0.6) is 0 Å². The minimum atomic E-state index is -4.06. The smallest absolute Gasteiger partial charge is 0.273 e. The van der Waals surface area contributed by atoms with Crippen LogP contribution in [0.4, 0.5) is 10.1 Å². The van der Waals surface area contributed by atoms with Crippen molar-refractivity contribution in [3.05, 3.63) is 93.2 Å². The van der Waals surface area contributed by atoms with Gasteiger partial charge in [0.1, 0.15) is 16.8 Å². The molecule has 1 heterocycles. The lowest BCUT2D eigenvalue weighted by Gasteiger charge is -2.17. The number of sulfone groups is 1. The molecule has 0 aliphatic rings. The van der Waals surface area contributed by atoms with Crippen LogP contribution >= 0.6 is 0 Å². The number of nitro benzene ring substituents is 1. The van der Waals surface area contributed by atoms with E-state index >= 15 is 0 Å². The number of hydrogen-bond donors (Lipinski definition) is 1. The van der Waals surface area contributed by atoms with E-state index in [1.54, 1.807) is 0 Å². The van der Waals surface area contributed by atoms with Crippen LogP contribution in [0.3, 0.4) is 0 Å². The average molecular weight is 446 g/mol. The van der Waals surface area contributed by atoms with Crippen molar-refractivity contribution in [2.24, 2.45) is 0 Å². The second-order valence-corrected chi connectivity index (χ2v) is 9.01. The number of halogens is 1. The molecule has 0 radical (unpaired) electrons. The van der Waals surface area contributed by atoms with Crippen LogP contribution < -0.4 is 5.32 Å². The molecule has 1 amide bonds. The summed E-state index contributed by atoms with van der Waals surface area (Å²) >= 11 is 0. The summed E-state index contributed by atoms with van der Waals surface area (Å²) < 4.78 is 45.3. The van der Waals surface area contributed by atoms with Gasteiger partial charge in [-0.25, -0.2) is 12.8 Å². The maximum absolute atomic E-state index is 13.6. The van der Waals surface area contributed by atoms with Gasteiger partial charge in [-0.05, 0) is 55.8 Å². The molecule has 0 aliphatic heterocycles. The van der Waals surface area contributed by atoms with E-state index in [0.717, 1.165) is 12.1 Å². The lowest BCUT2D eigenvalue weighted by atomic mass is 10.1. The normalized spacial score (nSPS) is 12.4. The van der Waals surface area contributed by atoms with Gasteiger partial charge in [0.15, 0.2) is 9.84 Å². The quantitative estimate of drug-likeness (QED) is 0.334.